The molecule has 1 aliphatic carbocycles. The number of rotatable bonds is 3. The van der Waals surface area contributed by atoms with E-state index in [1.807, 2.05) is 4.90 Å². The van der Waals surface area contributed by atoms with Gasteiger partial charge in [0, 0.05) is 62.5 Å². The van der Waals surface area contributed by atoms with Crippen LogP contribution in [0.2, 0.25) is 0 Å². The summed E-state index contributed by atoms with van der Waals surface area (Å²) >= 11 is 0. The predicted molar refractivity (Wildman–Crippen MR) is 123 cm³/mol. The lowest BCUT2D eigenvalue weighted by Gasteiger charge is -2.38. The summed E-state index contributed by atoms with van der Waals surface area (Å²) in [6.45, 7) is 5.37. The average Bonchev–Trinajstić information content (AvgIpc) is 2.84. The highest BCUT2D eigenvalue weighted by Crippen LogP contribution is 2.30. The van der Waals surface area contributed by atoms with Gasteiger partial charge in [0.05, 0.1) is 11.3 Å². The lowest BCUT2D eigenvalue weighted by molar-refractivity contribution is 0.0704. The molecule has 0 radical (unpaired) electrons. The zero-order chi connectivity index (χ0) is 22.1. The second-order valence-electron chi connectivity index (χ2n) is 9.84. The quantitative estimate of drug-likeness (QED) is 0.801. The minimum Gasteiger partial charge on any atom is -0.338 e. The molecule has 1 atom stereocenters. The van der Waals surface area contributed by atoms with Crippen LogP contribution >= 0.6 is 0 Å². The van der Waals surface area contributed by atoms with Crippen molar-refractivity contribution in [1.82, 2.24) is 24.8 Å². The van der Waals surface area contributed by atoms with Crippen molar-refractivity contribution < 1.29 is 4.79 Å². The number of piperidine rings is 1. The molecule has 5 rings (SSSR count). The topological polar surface area (TPSA) is 82.2 Å². The predicted octanol–water partition coefficient (Wildman–Crippen LogP) is 3.12. The molecule has 2 aliphatic heterocycles. The van der Waals surface area contributed by atoms with E-state index in [0.29, 0.717) is 24.7 Å². The number of likely N-dealkylation sites (tertiary alicyclic amines) is 1. The Labute approximate surface area is 189 Å². The van der Waals surface area contributed by atoms with Crippen molar-refractivity contribution in [1.29, 1.82) is 0 Å². The molecule has 0 bridgehead atoms. The van der Waals surface area contributed by atoms with Gasteiger partial charge in [0.25, 0.3) is 11.5 Å². The van der Waals surface area contributed by atoms with Crippen molar-refractivity contribution in [2.45, 2.75) is 70.4 Å². The maximum atomic E-state index is 13.0. The van der Waals surface area contributed by atoms with Crippen LogP contribution in [-0.4, -0.2) is 56.3 Å². The van der Waals surface area contributed by atoms with Gasteiger partial charge in [-0.15, -0.1) is 0 Å². The van der Waals surface area contributed by atoms with Gasteiger partial charge in [-0.2, -0.15) is 0 Å². The maximum absolute atomic E-state index is 13.0. The van der Waals surface area contributed by atoms with Crippen LogP contribution in [0.4, 0.5) is 0 Å². The average molecular weight is 436 g/mol. The van der Waals surface area contributed by atoms with E-state index >= 15 is 0 Å². The second kappa shape index (κ2) is 9.14. The summed E-state index contributed by atoms with van der Waals surface area (Å²) in [7, 11) is 0. The molecule has 2 aromatic rings. The third-order valence-corrected chi connectivity index (χ3v) is 7.64. The number of hydrogen-bond donors (Lipinski definition) is 1. The molecule has 4 heterocycles. The summed E-state index contributed by atoms with van der Waals surface area (Å²) < 4.78 is 0. The first-order chi connectivity index (χ1) is 15.6. The number of aromatic nitrogens is 3. The first kappa shape index (κ1) is 21.3. The second-order valence-corrected chi connectivity index (χ2v) is 9.84. The highest BCUT2D eigenvalue weighted by atomic mass is 16.2. The van der Waals surface area contributed by atoms with Gasteiger partial charge in [0.2, 0.25) is 0 Å². The van der Waals surface area contributed by atoms with Gasteiger partial charge in [0.1, 0.15) is 5.82 Å². The van der Waals surface area contributed by atoms with Crippen LogP contribution in [0.25, 0.3) is 0 Å². The zero-order valence-corrected chi connectivity index (χ0v) is 18.9. The van der Waals surface area contributed by atoms with E-state index in [4.69, 9.17) is 4.98 Å². The van der Waals surface area contributed by atoms with E-state index in [2.05, 4.69) is 21.8 Å². The van der Waals surface area contributed by atoms with E-state index in [1.54, 1.807) is 24.5 Å². The van der Waals surface area contributed by atoms with Crippen LogP contribution in [-0.2, 0) is 13.0 Å². The molecule has 0 spiro atoms. The van der Waals surface area contributed by atoms with E-state index < -0.39 is 0 Å². The molecule has 2 aromatic heterocycles. The van der Waals surface area contributed by atoms with Crippen molar-refractivity contribution >= 4 is 5.91 Å². The Hall–Kier alpha value is -2.54. The number of H-pyrrole nitrogens is 1. The first-order valence-corrected chi connectivity index (χ1v) is 12.1. The Balaban J connectivity index is 1.30. The molecule has 3 aliphatic rings. The van der Waals surface area contributed by atoms with Crippen molar-refractivity contribution in [3.05, 3.63) is 57.5 Å². The molecule has 170 valence electrons. The van der Waals surface area contributed by atoms with Gasteiger partial charge in [-0.1, -0.05) is 6.92 Å². The lowest BCUT2D eigenvalue weighted by atomic mass is 9.86. The van der Waals surface area contributed by atoms with Gasteiger partial charge < -0.3 is 9.88 Å². The minimum absolute atomic E-state index is 0.0106. The summed E-state index contributed by atoms with van der Waals surface area (Å²) in [5.41, 5.74) is 2.47. The number of carbonyl (C=O) groups excluding carboxylic acids is 1. The van der Waals surface area contributed by atoms with E-state index in [-0.39, 0.29) is 17.4 Å². The Morgan fingerprint density at radius 1 is 1.09 bits per heavy atom. The van der Waals surface area contributed by atoms with E-state index in [1.165, 1.54) is 25.7 Å². The van der Waals surface area contributed by atoms with Crippen LogP contribution in [0.3, 0.4) is 0 Å². The van der Waals surface area contributed by atoms with Crippen LogP contribution in [0.15, 0.2) is 29.3 Å². The molecule has 2 fully saturated rings. The maximum Gasteiger partial charge on any atom is 0.255 e. The van der Waals surface area contributed by atoms with Crippen LogP contribution in [0.5, 0.6) is 0 Å². The number of nitrogens with zero attached hydrogens (tertiary/aromatic N) is 4. The SMILES string of the molecule is CC1CCC(N2CCc3nc([C@H]4CCCN(C(=O)c5ccncc5)C4)[nH]c(=O)c3C2)CC1. The molecule has 7 nitrogen and oxygen atoms in total. The van der Waals surface area contributed by atoms with Crippen LogP contribution < -0.4 is 5.56 Å². The Bertz CT molecular complexity index is 1010. The number of carbonyl (C=O) groups is 1. The Morgan fingerprint density at radius 2 is 1.88 bits per heavy atom. The number of nitrogens with one attached hydrogen (secondary N) is 1. The highest BCUT2D eigenvalue weighted by molar-refractivity contribution is 5.94. The summed E-state index contributed by atoms with van der Waals surface area (Å²) in [6.07, 6.45) is 11.0. The fourth-order valence-corrected chi connectivity index (χ4v) is 5.64. The fourth-order valence-electron chi connectivity index (χ4n) is 5.64. The van der Waals surface area contributed by atoms with Gasteiger partial charge >= 0.3 is 0 Å². The van der Waals surface area contributed by atoms with Crippen molar-refractivity contribution in [3.63, 3.8) is 0 Å². The van der Waals surface area contributed by atoms with Crippen molar-refractivity contribution in [2.24, 2.45) is 5.92 Å². The number of amides is 1. The largest absolute Gasteiger partial charge is 0.338 e. The normalized spacial score (nSPS) is 26.5. The molecule has 7 heteroatoms. The van der Waals surface area contributed by atoms with Gasteiger partial charge in [-0.25, -0.2) is 4.98 Å². The standard InChI is InChI=1S/C25H33N5O2/c1-17-4-6-20(7-5-17)29-14-10-22-21(16-29)24(31)28-23(27-22)19-3-2-13-30(15-19)25(32)18-8-11-26-12-9-18/h8-9,11-12,17,19-20H,2-7,10,13-16H2,1H3,(H,27,28,31)/t17?,19-,20?/m0/s1. The molecule has 1 amide bonds. The first-order valence-electron chi connectivity index (χ1n) is 12.1. The summed E-state index contributed by atoms with van der Waals surface area (Å²) in [5, 5.41) is 0. The molecule has 32 heavy (non-hydrogen) atoms. The molecular weight excluding hydrogens is 402 g/mol. The third-order valence-electron chi connectivity index (χ3n) is 7.64. The number of fused-ring (bicyclic) bond motifs is 1. The monoisotopic (exact) mass is 435 g/mol. The molecule has 1 saturated heterocycles. The Kier molecular flexibility index (Phi) is 6.09. The van der Waals surface area contributed by atoms with E-state index in [0.717, 1.165) is 55.4 Å². The number of aromatic amines is 1. The molecule has 1 N–H and O–H groups in total. The molecule has 1 saturated carbocycles. The Morgan fingerprint density at radius 3 is 2.66 bits per heavy atom. The summed E-state index contributed by atoms with van der Waals surface area (Å²) in [5.74, 6) is 1.68. The molecular formula is C25H33N5O2. The summed E-state index contributed by atoms with van der Waals surface area (Å²) in [4.78, 5) is 42.3. The van der Waals surface area contributed by atoms with Gasteiger partial charge in [-0.05, 0) is 56.6 Å². The highest BCUT2D eigenvalue weighted by Gasteiger charge is 2.31. The van der Waals surface area contributed by atoms with Gasteiger partial charge in [-0.3, -0.25) is 19.5 Å². The lowest BCUT2D eigenvalue weighted by Crippen LogP contribution is -2.44. The smallest absolute Gasteiger partial charge is 0.255 e. The molecule has 0 aromatic carbocycles. The van der Waals surface area contributed by atoms with Gasteiger partial charge in [0.15, 0.2) is 0 Å². The van der Waals surface area contributed by atoms with Crippen molar-refractivity contribution in [3.8, 4) is 0 Å². The summed E-state index contributed by atoms with van der Waals surface area (Å²) in [6, 6.07) is 4.11. The molecule has 0 unspecified atom stereocenters. The van der Waals surface area contributed by atoms with Crippen LogP contribution in [0, 0.1) is 5.92 Å². The van der Waals surface area contributed by atoms with E-state index in [9.17, 15) is 9.59 Å². The number of pyridine rings is 1. The zero-order valence-electron chi connectivity index (χ0n) is 18.9. The number of hydrogen-bond acceptors (Lipinski definition) is 5. The van der Waals surface area contributed by atoms with Crippen LogP contribution in [0.1, 0.15) is 78.8 Å². The third kappa shape index (κ3) is 4.35. The minimum atomic E-state index is 0.0106. The van der Waals surface area contributed by atoms with Crippen molar-refractivity contribution in [2.75, 3.05) is 19.6 Å². The fraction of sp³-hybridized carbons (Fsp3) is 0.600.